The van der Waals surface area contributed by atoms with E-state index < -0.39 is 0 Å². The number of hydrogen-bond acceptors (Lipinski definition) is 1. The van der Waals surface area contributed by atoms with E-state index in [0.29, 0.717) is 0 Å². The predicted molar refractivity (Wildman–Crippen MR) is 58.3 cm³/mol. The smallest absolute Gasteiger partial charge is 0.0642 e. The second-order valence-corrected chi connectivity index (χ2v) is 3.07. The summed E-state index contributed by atoms with van der Waals surface area (Å²) in [6, 6.07) is 11.2. The fourth-order valence-corrected chi connectivity index (χ4v) is 1.37. The predicted octanol–water partition coefficient (Wildman–Crippen LogP) is 2.74. The van der Waals surface area contributed by atoms with Gasteiger partial charge in [-0.3, -0.25) is 4.68 Å². The first-order valence-electron chi connectivity index (χ1n) is 4.27. The van der Waals surface area contributed by atoms with Gasteiger partial charge in [-0.15, -0.1) is 11.9 Å². The van der Waals surface area contributed by atoms with Crippen LogP contribution >= 0.6 is 0 Å². The molecule has 0 N–H and O–H groups in total. The Kier molecular flexibility index (Phi) is 6.00. The van der Waals surface area contributed by atoms with Gasteiger partial charge in [-0.25, -0.2) is 5.10 Å². The van der Waals surface area contributed by atoms with E-state index in [1.54, 1.807) is 6.20 Å². The van der Waals surface area contributed by atoms with Crippen LogP contribution in [0.25, 0.3) is 5.69 Å². The molecule has 0 spiro atoms. The minimum Gasteiger partial charge on any atom is -0.429 e. The number of hydrogen-bond donors (Lipinski definition) is 0. The Bertz CT molecular complexity index is 421. The van der Waals surface area contributed by atoms with Crippen molar-refractivity contribution in [3.63, 3.8) is 0 Å². The fraction of sp³-hybridized carbons (Fsp3) is 0.167. The molecule has 0 aliphatic heterocycles. The molecule has 0 aliphatic rings. The molecule has 0 saturated carbocycles. The monoisotopic (exact) mass is 275 g/mol. The van der Waals surface area contributed by atoms with Gasteiger partial charge in [0.15, 0.2) is 0 Å². The van der Waals surface area contributed by atoms with Gasteiger partial charge in [0.1, 0.15) is 0 Å². The summed E-state index contributed by atoms with van der Waals surface area (Å²) in [7, 11) is 0. The second-order valence-electron chi connectivity index (χ2n) is 3.07. The van der Waals surface area contributed by atoms with Gasteiger partial charge in [-0.05, 0) is 18.6 Å². The zero-order valence-electron chi connectivity index (χ0n) is 9.36. The molecule has 0 aliphatic carbocycles. The van der Waals surface area contributed by atoms with Crippen molar-refractivity contribution < 1.29 is 32.7 Å². The van der Waals surface area contributed by atoms with E-state index in [2.05, 4.69) is 30.2 Å². The van der Waals surface area contributed by atoms with Gasteiger partial charge >= 0.3 is 0 Å². The normalized spacial score (nSPS) is 8.93. The molecule has 1 radical (unpaired) electrons. The molecular formula is C12H14N2Y-2. The topological polar surface area (TPSA) is 17.8 Å². The quantitative estimate of drug-likeness (QED) is 0.732. The van der Waals surface area contributed by atoms with Crippen LogP contribution in [0.1, 0.15) is 11.3 Å². The van der Waals surface area contributed by atoms with E-state index in [1.165, 1.54) is 5.56 Å². The van der Waals surface area contributed by atoms with Crippen molar-refractivity contribution >= 4 is 0 Å². The zero-order valence-corrected chi connectivity index (χ0v) is 12.2. The molecule has 0 fully saturated rings. The van der Waals surface area contributed by atoms with E-state index in [4.69, 9.17) is 0 Å². The van der Waals surface area contributed by atoms with Gasteiger partial charge in [-0.2, -0.15) is 0 Å². The SMILES string of the molecule is Cc1ccccc1-n1nc[c-]c1C.[CH3-].[Y]. The first-order valence-corrected chi connectivity index (χ1v) is 4.27. The first-order chi connectivity index (χ1) is 6.29. The van der Waals surface area contributed by atoms with Crippen LogP contribution in [0.4, 0.5) is 0 Å². The molecule has 2 rings (SSSR count). The maximum absolute atomic E-state index is 4.21. The molecule has 0 unspecified atom stereocenters. The van der Waals surface area contributed by atoms with Crippen molar-refractivity contribution in [2.45, 2.75) is 13.8 Å². The number of para-hydroxylation sites is 1. The van der Waals surface area contributed by atoms with Crippen LogP contribution in [0.5, 0.6) is 0 Å². The van der Waals surface area contributed by atoms with Crippen LogP contribution in [0, 0.1) is 27.3 Å². The van der Waals surface area contributed by atoms with Gasteiger partial charge in [0, 0.05) is 32.7 Å². The molecule has 0 saturated heterocycles. The maximum Gasteiger partial charge on any atom is 0.0642 e. The molecule has 2 nitrogen and oxygen atoms in total. The average Bonchev–Trinajstić information content (AvgIpc) is 2.52. The summed E-state index contributed by atoms with van der Waals surface area (Å²) in [5.74, 6) is 0. The fourth-order valence-electron chi connectivity index (χ4n) is 1.37. The molecule has 15 heavy (non-hydrogen) atoms. The van der Waals surface area contributed by atoms with Crippen molar-refractivity contribution in [1.82, 2.24) is 9.78 Å². The second kappa shape index (κ2) is 6.19. The molecule has 3 heteroatoms. The van der Waals surface area contributed by atoms with E-state index in [9.17, 15) is 0 Å². The van der Waals surface area contributed by atoms with Crippen molar-refractivity contribution in [2.24, 2.45) is 0 Å². The van der Waals surface area contributed by atoms with Gasteiger partial charge in [0.2, 0.25) is 0 Å². The van der Waals surface area contributed by atoms with Gasteiger partial charge in [0.25, 0.3) is 0 Å². The molecular weight excluding hydrogens is 261 g/mol. The van der Waals surface area contributed by atoms with Gasteiger partial charge in [0.05, 0.1) is 5.69 Å². The average molecular weight is 275 g/mol. The molecule has 0 bridgehead atoms. The first kappa shape index (κ1) is 14.5. The third kappa shape index (κ3) is 2.99. The van der Waals surface area contributed by atoms with Gasteiger partial charge < -0.3 is 13.5 Å². The van der Waals surface area contributed by atoms with Crippen LogP contribution in [0.15, 0.2) is 30.5 Å². The number of nitrogens with zero attached hydrogens (tertiary/aromatic N) is 2. The van der Waals surface area contributed by atoms with E-state index in [-0.39, 0.29) is 40.1 Å². The van der Waals surface area contributed by atoms with Crippen molar-refractivity contribution in [3.05, 3.63) is 55.2 Å². The summed E-state index contributed by atoms with van der Waals surface area (Å²) < 4.78 is 1.90. The molecule has 77 valence electrons. The molecule has 1 aromatic heterocycles. The van der Waals surface area contributed by atoms with Crippen molar-refractivity contribution in [3.8, 4) is 5.69 Å². The minimum absolute atomic E-state index is 0. The van der Waals surface area contributed by atoms with Crippen LogP contribution in [0.3, 0.4) is 0 Å². The Morgan fingerprint density at radius 2 is 1.87 bits per heavy atom. The van der Waals surface area contributed by atoms with Crippen LogP contribution in [0.2, 0.25) is 0 Å². The molecule has 2 aromatic rings. The molecule has 0 atom stereocenters. The van der Waals surface area contributed by atoms with Crippen LogP contribution in [-0.2, 0) is 32.7 Å². The third-order valence-corrected chi connectivity index (χ3v) is 2.11. The van der Waals surface area contributed by atoms with E-state index in [1.807, 2.05) is 23.7 Å². The molecule has 0 amide bonds. The number of aromatic nitrogens is 2. The maximum atomic E-state index is 4.21. The Hall–Kier alpha value is -0.466. The van der Waals surface area contributed by atoms with Crippen LogP contribution < -0.4 is 0 Å². The number of rotatable bonds is 1. The summed E-state index contributed by atoms with van der Waals surface area (Å²) in [5.41, 5.74) is 3.39. The number of aryl methyl sites for hydroxylation is 2. The third-order valence-electron chi connectivity index (χ3n) is 2.11. The molecule has 1 heterocycles. The standard InChI is InChI=1S/C11H11N2.CH3.Y/c1-9-5-3-4-6-11(9)13-10(2)7-8-12-13;;/h3-6,8H,1-2H3;1H3;/q2*-1;. The Morgan fingerprint density at radius 1 is 1.20 bits per heavy atom. The summed E-state index contributed by atoms with van der Waals surface area (Å²) in [6.45, 7) is 4.08. The van der Waals surface area contributed by atoms with Crippen molar-refractivity contribution in [2.75, 3.05) is 0 Å². The Labute approximate surface area is 117 Å². The summed E-state index contributed by atoms with van der Waals surface area (Å²) in [4.78, 5) is 0. The van der Waals surface area contributed by atoms with Gasteiger partial charge in [-0.1, -0.05) is 25.1 Å². The molecule has 1 aromatic carbocycles. The van der Waals surface area contributed by atoms with Crippen molar-refractivity contribution in [1.29, 1.82) is 0 Å². The zero-order chi connectivity index (χ0) is 9.26. The van der Waals surface area contributed by atoms with E-state index >= 15 is 0 Å². The number of benzene rings is 1. The largest absolute Gasteiger partial charge is 0.429 e. The summed E-state index contributed by atoms with van der Waals surface area (Å²) in [6.07, 6.45) is 1.70. The summed E-state index contributed by atoms with van der Waals surface area (Å²) >= 11 is 0. The van der Waals surface area contributed by atoms with E-state index in [0.717, 1.165) is 11.4 Å². The van der Waals surface area contributed by atoms with Crippen LogP contribution in [-0.4, -0.2) is 9.78 Å². The Balaban J connectivity index is 0.000000980. The Morgan fingerprint density at radius 3 is 2.40 bits per heavy atom. The summed E-state index contributed by atoms with van der Waals surface area (Å²) in [5, 5.41) is 4.21. The minimum atomic E-state index is 0.